The Balaban J connectivity index is 1.75. The topological polar surface area (TPSA) is 59.4 Å². The number of aromatic nitrogens is 1. The molecule has 1 aromatic carbocycles. The van der Waals surface area contributed by atoms with Crippen molar-refractivity contribution in [1.29, 1.82) is 0 Å². The van der Waals surface area contributed by atoms with Crippen molar-refractivity contribution >= 4 is 27.2 Å². The van der Waals surface area contributed by atoms with Gasteiger partial charge in [-0.3, -0.25) is 9.69 Å². The van der Waals surface area contributed by atoms with Crippen molar-refractivity contribution in [3.63, 3.8) is 0 Å². The molecule has 0 saturated carbocycles. The van der Waals surface area contributed by atoms with Gasteiger partial charge in [-0.25, -0.2) is 12.8 Å². The number of ketones is 1. The van der Waals surface area contributed by atoms with E-state index in [1.165, 1.54) is 6.07 Å². The molecule has 1 aliphatic heterocycles. The van der Waals surface area contributed by atoms with Crippen molar-refractivity contribution in [3.05, 3.63) is 57.6 Å². The van der Waals surface area contributed by atoms with Gasteiger partial charge in [0.2, 0.25) is 0 Å². The van der Waals surface area contributed by atoms with Gasteiger partial charge in [-0.2, -0.15) is 0 Å². The Labute approximate surface area is 170 Å². The highest BCUT2D eigenvalue weighted by Crippen LogP contribution is 2.29. The second-order valence-corrected chi connectivity index (χ2v) is 10.1. The van der Waals surface area contributed by atoms with Crippen molar-refractivity contribution in [2.24, 2.45) is 0 Å². The highest BCUT2D eigenvalue weighted by Gasteiger charge is 2.31. The molecule has 0 aliphatic carbocycles. The molecule has 0 radical (unpaired) electrons. The van der Waals surface area contributed by atoms with Crippen molar-refractivity contribution in [2.45, 2.75) is 32.9 Å². The third-order valence-corrected chi connectivity index (χ3v) is 7.37. The number of likely N-dealkylation sites (N-methyl/N-ethyl adjacent to an activating group) is 1. The van der Waals surface area contributed by atoms with Crippen LogP contribution in [0.3, 0.4) is 0 Å². The van der Waals surface area contributed by atoms with Gasteiger partial charge < -0.3 is 4.57 Å². The second-order valence-electron chi connectivity index (χ2n) is 7.51. The van der Waals surface area contributed by atoms with Gasteiger partial charge in [0.1, 0.15) is 5.82 Å². The van der Waals surface area contributed by atoms with Gasteiger partial charge in [-0.15, -0.1) is 0 Å². The monoisotopic (exact) mass is 426 g/mol. The van der Waals surface area contributed by atoms with E-state index in [2.05, 4.69) is 0 Å². The molecule has 2 heterocycles. The fraction of sp³-hybridized carbons (Fsp3) is 0.450. The molecule has 2 aromatic rings. The number of nitrogens with zero attached hydrogens (tertiary/aromatic N) is 2. The summed E-state index contributed by atoms with van der Waals surface area (Å²) in [6.07, 6.45) is 0.567. The Morgan fingerprint density at radius 1 is 1.36 bits per heavy atom. The van der Waals surface area contributed by atoms with E-state index in [9.17, 15) is 17.6 Å². The predicted molar refractivity (Wildman–Crippen MR) is 108 cm³/mol. The summed E-state index contributed by atoms with van der Waals surface area (Å²) in [6.45, 7) is 4.06. The summed E-state index contributed by atoms with van der Waals surface area (Å²) in [5.41, 5.74) is 2.60. The molecule has 8 heteroatoms. The van der Waals surface area contributed by atoms with Crippen LogP contribution in [0.4, 0.5) is 4.39 Å². The first-order chi connectivity index (χ1) is 13.1. The molecule has 0 amide bonds. The van der Waals surface area contributed by atoms with Crippen LogP contribution in [-0.2, 0) is 16.4 Å². The molecular formula is C20H24ClFN2O3S. The summed E-state index contributed by atoms with van der Waals surface area (Å²) in [5, 5.41) is 0.333. The van der Waals surface area contributed by atoms with Gasteiger partial charge in [0.15, 0.2) is 15.6 Å². The standard InChI is InChI=1S/C20H24ClFN2O3S/c1-13-9-16(14(2)24(13)15-7-8-28(26,27)12-15)20(25)11-23(3)10-17-18(21)5-4-6-19(17)22/h4-6,9,15H,7-8,10-12H2,1-3H3/t15-/m0/s1. The van der Waals surface area contributed by atoms with E-state index in [4.69, 9.17) is 11.6 Å². The van der Waals surface area contributed by atoms with Crippen LogP contribution in [0.1, 0.15) is 39.8 Å². The van der Waals surface area contributed by atoms with Crippen molar-refractivity contribution in [2.75, 3.05) is 25.1 Å². The van der Waals surface area contributed by atoms with E-state index >= 15 is 0 Å². The lowest BCUT2D eigenvalue weighted by Gasteiger charge is -2.18. The highest BCUT2D eigenvalue weighted by atomic mass is 35.5. The minimum absolute atomic E-state index is 0.0878. The lowest BCUT2D eigenvalue weighted by Crippen LogP contribution is -2.26. The number of hydrogen-bond donors (Lipinski definition) is 0. The summed E-state index contributed by atoms with van der Waals surface area (Å²) in [7, 11) is -1.27. The molecule has 5 nitrogen and oxygen atoms in total. The van der Waals surface area contributed by atoms with Gasteiger partial charge in [0, 0.05) is 40.1 Å². The van der Waals surface area contributed by atoms with Crippen molar-refractivity contribution in [3.8, 4) is 0 Å². The Morgan fingerprint density at radius 3 is 2.68 bits per heavy atom. The first-order valence-electron chi connectivity index (χ1n) is 9.12. The van der Waals surface area contributed by atoms with Crippen LogP contribution in [0.2, 0.25) is 5.02 Å². The Hall–Kier alpha value is -1.70. The number of sulfone groups is 1. The first-order valence-corrected chi connectivity index (χ1v) is 11.3. The number of carbonyl (C=O) groups is 1. The molecule has 1 saturated heterocycles. The van der Waals surface area contributed by atoms with E-state index in [-0.39, 0.29) is 36.4 Å². The van der Waals surface area contributed by atoms with Crippen LogP contribution in [0.5, 0.6) is 0 Å². The van der Waals surface area contributed by atoms with Gasteiger partial charge in [0.25, 0.3) is 0 Å². The van der Waals surface area contributed by atoms with Gasteiger partial charge in [-0.05, 0) is 45.5 Å². The number of carbonyl (C=O) groups excluding carboxylic acids is 1. The number of rotatable bonds is 6. The quantitative estimate of drug-likeness (QED) is 0.662. The third-order valence-electron chi connectivity index (χ3n) is 5.26. The number of hydrogen-bond acceptors (Lipinski definition) is 4. The van der Waals surface area contributed by atoms with E-state index < -0.39 is 15.7 Å². The minimum atomic E-state index is -3.01. The Bertz CT molecular complexity index is 996. The predicted octanol–water partition coefficient (Wildman–Crippen LogP) is 3.57. The van der Waals surface area contributed by atoms with E-state index in [1.807, 2.05) is 24.5 Å². The summed E-state index contributed by atoms with van der Waals surface area (Å²) >= 11 is 6.07. The van der Waals surface area contributed by atoms with Crippen molar-refractivity contribution < 1.29 is 17.6 Å². The number of halogens is 2. The minimum Gasteiger partial charge on any atom is -0.344 e. The summed E-state index contributed by atoms with van der Waals surface area (Å²) < 4.78 is 39.6. The molecule has 0 spiro atoms. The maximum atomic E-state index is 14.0. The fourth-order valence-electron chi connectivity index (χ4n) is 3.94. The van der Waals surface area contributed by atoms with E-state index in [0.717, 1.165) is 11.4 Å². The molecule has 28 heavy (non-hydrogen) atoms. The zero-order valence-corrected chi connectivity index (χ0v) is 17.8. The average Bonchev–Trinajstić information content (AvgIpc) is 3.09. The molecular weight excluding hydrogens is 403 g/mol. The number of Topliss-reactive ketones (excluding diaryl/α,β-unsaturated/α-hetero) is 1. The molecule has 1 aliphatic rings. The van der Waals surface area contributed by atoms with Gasteiger partial charge >= 0.3 is 0 Å². The van der Waals surface area contributed by atoms with Gasteiger partial charge in [-0.1, -0.05) is 17.7 Å². The van der Waals surface area contributed by atoms with Crippen LogP contribution in [-0.4, -0.2) is 48.8 Å². The molecule has 3 rings (SSSR count). The third kappa shape index (κ3) is 4.31. The molecule has 1 atom stereocenters. The molecule has 152 valence electrons. The molecule has 1 fully saturated rings. The van der Waals surface area contributed by atoms with Crippen LogP contribution in [0, 0.1) is 19.7 Å². The summed E-state index contributed by atoms with van der Waals surface area (Å²) in [6, 6.07) is 6.21. The molecule has 1 aromatic heterocycles. The molecule has 0 unspecified atom stereocenters. The normalized spacial score (nSPS) is 18.7. The smallest absolute Gasteiger partial charge is 0.178 e. The van der Waals surface area contributed by atoms with Crippen LogP contribution >= 0.6 is 11.6 Å². The van der Waals surface area contributed by atoms with E-state index in [1.54, 1.807) is 24.1 Å². The first kappa shape index (κ1) is 21.0. The fourth-order valence-corrected chi connectivity index (χ4v) is 5.86. The molecule has 0 N–H and O–H groups in total. The molecule has 0 bridgehead atoms. The number of aryl methyl sites for hydroxylation is 1. The highest BCUT2D eigenvalue weighted by molar-refractivity contribution is 7.91. The van der Waals surface area contributed by atoms with Gasteiger partial charge in [0.05, 0.1) is 18.1 Å². The lowest BCUT2D eigenvalue weighted by molar-refractivity contribution is 0.0941. The second kappa shape index (κ2) is 7.97. The average molecular weight is 427 g/mol. The van der Waals surface area contributed by atoms with Crippen LogP contribution < -0.4 is 0 Å². The number of benzene rings is 1. The maximum absolute atomic E-state index is 14.0. The SMILES string of the molecule is Cc1cc(C(=O)CN(C)Cc2c(F)cccc2Cl)c(C)n1[C@H]1CCS(=O)(=O)C1. The lowest BCUT2D eigenvalue weighted by atomic mass is 10.1. The Kier molecular flexibility index (Phi) is 5.98. The maximum Gasteiger partial charge on any atom is 0.178 e. The van der Waals surface area contributed by atoms with Crippen molar-refractivity contribution in [1.82, 2.24) is 9.47 Å². The largest absolute Gasteiger partial charge is 0.344 e. The zero-order chi connectivity index (χ0) is 20.6. The van der Waals surface area contributed by atoms with E-state index in [0.29, 0.717) is 22.6 Å². The van der Waals surface area contributed by atoms with Crippen LogP contribution in [0.25, 0.3) is 0 Å². The summed E-state index contributed by atoms with van der Waals surface area (Å²) in [5.74, 6) is -0.185. The zero-order valence-electron chi connectivity index (χ0n) is 16.2. The Morgan fingerprint density at radius 2 is 2.07 bits per heavy atom. The summed E-state index contributed by atoms with van der Waals surface area (Å²) in [4.78, 5) is 14.6. The van der Waals surface area contributed by atoms with Crippen LogP contribution in [0.15, 0.2) is 24.3 Å².